The van der Waals surface area contributed by atoms with Crippen molar-refractivity contribution in [1.82, 2.24) is 5.32 Å². The summed E-state index contributed by atoms with van der Waals surface area (Å²) in [6.07, 6.45) is 0.994. The maximum Gasteiger partial charge on any atom is 0.119 e. The summed E-state index contributed by atoms with van der Waals surface area (Å²) in [5.41, 5.74) is 1.28. The molecule has 2 heteroatoms. The molecule has 0 aliphatic heterocycles. The summed E-state index contributed by atoms with van der Waals surface area (Å²) in [6, 6.07) is 8.09. The Balaban J connectivity index is 2.60. The van der Waals surface area contributed by atoms with Crippen molar-refractivity contribution < 1.29 is 4.74 Å². The number of nitrogens with zero attached hydrogens (tertiary/aromatic N) is 1. The summed E-state index contributed by atoms with van der Waals surface area (Å²) in [5.74, 6) is 0.920. The zero-order valence-corrected chi connectivity index (χ0v) is 7.58. The van der Waals surface area contributed by atoms with E-state index in [1.54, 1.807) is 7.11 Å². The first-order valence-corrected chi connectivity index (χ1v) is 4.05. The molecule has 0 aliphatic carbocycles. The standard InChI is InChI=1S/C10H14NO/c1-11-7-6-9-4-3-5-10(8-9)12-2/h3-5,8H,6-7H2,1-2H3. The predicted molar refractivity (Wildman–Crippen MR) is 49.6 cm³/mol. The van der Waals surface area contributed by atoms with Crippen LogP contribution in [0.25, 0.3) is 0 Å². The van der Waals surface area contributed by atoms with Crippen LogP contribution in [0.1, 0.15) is 5.56 Å². The summed E-state index contributed by atoms with van der Waals surface area (Å²) in [6.45, 7) is 0.882. The van der Waals surface area contributed by atoms with E-state index in [1.165, 1.54) is 5.56 Å². The SMILES string of the molecule is C[N]CCc1cccc(OC)c1. The lowest BCUT2D eigenvalue weighted by atomic mass is 10.1. The van der Waals surface area contributed by atoms with E-state index in [4.69, 9.17) is 4.74 Å². The van der Waals surface area contributed by atoms with Gasteiger partial charge in [0.15, 0.2) is 0 Å². The Kier molecular flexibility index (Phi) is 3.61. The van der Waals surface area contributed by atoms with E-state index < -0.39 is 0 Å². The number of benzene rings is 1. The zero-order valence-electron chi connectivity index (χ0n) is 7.58. The summed E-state index contributed by atoms with van der Waals surface area (Å²) in [4.78, 5) is 0. The molecule has 0 amide bonds. The first-order chi connectivity index (χ1) is 5.86. The molecule has 0 bridgehead atoms. The van der Waals surface area contributed by atoms with Crippen molar-refractivity contribution >= 4 is 0 Å². The highest BCUT2D eigenvalue weighted by molar-refractivity contribution is 5.28. The van der Waals surface area contributed by atoms with Crippen LogP contribution in [0.3, 0.4) is 0 Å². The van der Waals surface area contributed by atoms with Crippen LogP contribution in [0, 0.1) is 0 Å². The number of hydrogen-bond acceptors (Lipinski definition) is 1. The van der Waals surface area contributed by atoms with Gasteiger partial charge in [0.2, 0.25) is 0 Å². The van der Waals surface area contributed by atoms with Crippen molar-refractivity contribution in [2.45, 2.75) is 6.42 Å². The lowest BCUT2D eigenvalue weighted by molar-refractivity contribution is 0.414. The number of methoxy groups -OCH3 is 1. The van der Waals surface area contributed by atoms with Crippen LogP contribution in [0.5, 0.6) is 5.75 Å². The van der Waals surface area contributed by atoms with E-state index in [9.17, 15) is 0 Å². The molecule has 0 atom stereocenters. The van der Waals surface area contributed by atoms with Gasteiger partial charge in [-0.1, -0.05) is 12.1 Å². The molecule has 2 nitrogen and oxygen atoms in total. The van der Waals surface area contributed by atoms with Gasteiger partial charge in [-0.25, -0.2) is 5.32 Å². The highest BCUT2D eigenvalue weighted by atomic mass is 16.5. The second-order valence-corrected chi connectivity index (χ2v) is 2.64. The van der Waals surface area contributed by atoms with E-state index in [-0.39, 0.29) is 0 Å². The molecule has 0 fully saturated rings. The monoisotopic (exact) mass is 164 g/mol. The van der Waals surface area contributed by atoms with Gasteiger partial charge in [-0.05, 0) is 24.1 Å². The smallest absolute Gasteiger partial charge is 0.119 e. The van der Waals surface area contributed by atoms with Crippen molar-refractivity contribution in [3.8, 4) is 5.75 Å². The van der Waals surface area contributed by atoms with Gasteiger partial charge in [0, 0.05) is 13.6 Å². The van der Waals surface area contributed by atoms with Crippen molar-refractivity contribution in [2.75, 3.05) is 20.7 Å². The highest BCUT2D eigenvalue weighted by Crippen LogP contribution is 2.12. The van der Waals surface area contributed by atoms with Crippen LogP contribution >= 0.6 is 0 Å². The third-order valence-electron chi connectivity index (χ3n) is 1.76. The fourth-order valence-electron chi connectivity index (χ4n) is 1.07. The number of likely N-dealkylation sites (N-methyl/N-ethyl adjacent to an activating group) is 1. The number of ether oxygens (including phenoxy) is 1. The summed E-state index contributed by atoms with van der Waals surface area (Å²) in [7, 11) is 3.52. The normalized spacial score (nSPS) is 9.83. The summed E-state index contributed by atoms with van der Waals surface area (Å²) in [5, 5.41) is 4.05. The van der Waals surface area contributed by atoms with Gasteiger partial charge in [-0.2, -0.15) is 0 Å². The molecule has 0 unspecified atom stereocenters. The molecule has 0 saturated heterocycles. The second-order valence-electron chi connectivity index (χ2n) is 2.64. The molecule has 1 aromatic rings. The minimum absolute atomic E-state index is 0.882. The minimum Gasteiger partial charge on any atom is -0.497 e. The van der Waals surface area contributed by atoms with Gasteiger partial charge in [0.25, 0.3) is 0 Å². The molecule has 65 valence electrons. The molecular formula is C10H14NO. The van der Waals surface area contributed by atoms with Crippen molar-refractivity contribution in [3.05, 3.63) is 29.8 Å². The average molecular weight is 164 g/mol. The maximum absolute atomic E-state index is 5.10. The molecule has 12 heavy (non-hydrogen) atoms. The molecule has 0 saturated carbocycles. The fraction of sp³-hybridized carbons (Fsp3) is 0.400. The van der Waals surface area contributed by atoms with E-state index in [1.807, 2.05) is 25.2 Å². The Morgan fingerprint density at radius 3 is 2.92 bits per heavy atom. The number of rotatable bonds is 4. The summed E-state index contributed by atoms with van der Waals surface area (Å²) >= 11 is 0. The lowest BCUT2D eigenvalue weighted by Gasteiger charge is -2.02. The van der Waals surface area contributed by atoms with E-state index in [0.717, 1.165) is 18.7 Å². The van der Waals surface area contributed by atoms with Crippen LogP contribution < -0.4 is 10.1 Å². The predicted octanol–water partition coefficient (Wildman–Crippen LogP) is 1.47. The summed E-state index contributed by atoms with van der Waals surface area (Å²) < 4.78 is 5.10. The molecule has 1 radical (unpaired) electrons. The van der Waals surface area contributed by atoms with E-state index >= 15 is 0 Å². The quantitative estimate of drug-likeness (QED) is 0.661. The average Bonchev–Trinajstić information content (AvgIpc) is 2.15. The molecule has 0 spiro atoms. The largest absolute Gasteiger partial charge is 0.497 e. The Labute approximate surface area is 73.6 Å². The first-order valence-electron chi connectivity index (χ1n) is 4.05. The Morgan fingerprint density at radius 2 is 2.25 bits per heavy atom. The van der Waals surface area contributed by atoms with Gasteiger partial charge in [-0.15, -0.1) is 0 Å². The van der Waals surface area contributed by atoms with Crippen LogP contribution in [-0.2, 0) is 6.42 Å². The molecular weight excluding hydrogens is 150 g/mol. The Morgan fingerprint density at radius 1 is 1.42 bits per heavy atom. The van der Waals surface area contributed by atoms with Crippen molar-refractivity contribution in [1.29, 1.82) is 0 Å². The zero-order chi connectivity index (χ0) is 8.81. The molecule has 0 N–H and O–H groups in total. The van der Waals surface area contributed by atoms with Crippen LogP contribution in [0.4, 0.5) is 0 Å². The molecule has 0 heterocycles. The van der Waals surface area contributed by atoms with Crippen LogP contribution in [0.15, 0.2) is 24.3 Å². The third kappa shape index (κ3) is 2.55. The molecule has 0 aliphatic rings. The molecule has 1 rings (SSSR count). The first kappa shape index (κ1) is 9.07. The fourth-order valence-corrected chi connectivity index (χ4v) is 1.07. The molecule has 0 aromatic heterocycles. The van der Waals surface area contributed by atoms with Gasteiger partial charge in [-0.3, -0.25) is 0 Å². The Hall–Kier alpha value is -1.02. The van der Waals surface area contributed by atoms with Gasteiger partial charge in [0.05, 0.1) is 7.11 Å². The Bertz CT molecular complexity index is 235. The van der Waals surface area contributed by atoms with Crippen molar-refractivity contribution in [2.24, 2.45) is 0 Å². The maximum atomic E-state index is 5.10. The van der Waals surface area contributed by atoms with E-state index in [0.29, 0.717) is 0 Å². The molecule has 1 aromatic carbocycles. The van der Waals surface area contributed by atoms with E-state index in [2.05, 4.69) is 11.4 Å². The van der Waals surface area contributed by atoms with Gasteiger partial charge >= 0.3 is 0 Å². The van der Waals surface area contributed by atoms with Crippen LogP contribution in [0.2, 0.25) is 0 Å². The van der Waals surface area contributed by atoms with Crippen molar-refractivity contribution in [3.63, 3.8) is 0 Å². The van der Waals surface area contributed by atoms with Gasteiger partial charge in [0.1, 0.15) is 5.75 Å². The minimum atomic E-state index is 0.882. The lowest BCUT2D eigenvalue weighted by Crippen LogP contribution is -2.02. The topological polar surface area (TPSA) is 23.3 Å². The van der Waals surface area contributed by atoms with Gasteiger partial charge < -0.3 is 4.74 Å². The van der Waals surface area contributed by atoms with Crippen LogP contribution in [-0.4, -0.2) is 20.7 Å². The third-order valence-corrected chi connectivity index (χ3v) is 1.76. The highest BCUT2D eigenvalue weighted by Gasteiger charge is 1.94. The number of hydrogen-bond donors (Lipinski definition) is 0. The second kappa shape index (κ2) is 4.78.